The summed E-state index contributed by atoms with van der Waals surface area (Å²) >= 11 is 0. The van der Waals surface area contributed by atoms with E-state index in [2.05, 4.69) is 21.1 Å². The Balaban J connectivity index is 1.22. The molecule has 2 amide bonds. The molecule has 2 aromatic carbocycles. The second-order valence-electron chi connectivity index (χ2n) is 13.7. The lowest BCUT2D eigenvalue weighted by atomic mass is 9.91. The number of nitrogens with one attached hydrogen (secondary N) is 3. The van der Waals surface area contributed by atoms with E-state index in [9.17, 15) is 19.8 Å². The number of aliphatic hydroxyl groups is 2. The van der Waals surface area contributed by atoms with Gasteiger partial charge < -0.3 is 49.6 Å². The van der Waals surface area contributed by atoms with Crippen LogP contribution in [-0.4, -0.2) is 105 Å². The fourth-order valence-electron chi connectivity index (χ4n) is 7.24. The zero-order chi connectivity index (χ0) is 37.9. The average Bonchev–Trinajstić information content (AvgIpc) is 4.00. The van der Waals surface area contributed by atoms with Crippen molar-refractivity contribution in [1.29, 1.82) is 0 Å². The Morgan fingerprint density at radius 1 is 0.981 bits per heavy atom. The summed E-state index contributed by atoms with van der Waals surface area (Å²) in [6.07, 6.45) is 0.421. The standard InChI is InChI=1S/C38H45N9O7/c1-5-31(48)42-28-17-30(34(50)33(28)49)47-20-40-32-35(39-18-27(22-6-10-25(52-3)11-7-22)23-8-12-26(53-4)13-9-23)43-38(44-36(32)47)46-15-14-24(19-46)41-37(51)29-16-21(2)54-45-29/h6-13,16,20,24,27-28,30,33-34,49-50H,5,14-15,17-19H2,1-4H3,(H,41,51)(H,42,48)(H,39,43,44)/t24-,28+,30-,33-,34-/m1/s1. The molecule has 1 aliphatic carbocycles. The van der Waals surface area contributed by atoms with Crippen molar-refractivity contribution in [3.8, 4) is 11.5 Å². The van der Waals surface area contributed by atoms with E-state index >= 15 is 0 Å². The molecule has 1 saturated carbocycles. The highest BCUT2D eigenvalue weighted by Crippen LogP contribution is 2.36. The summed E-state index contributed by atoms with van der Waals surface area (Å²) in [5.74, 6) is 2.29. The van der Waals surface area contributed by atoms with Gasteiger partial charge in [-0.1, -0.05) is 36.3 Å². The predicted molar refractivity (Wildman–Crippen MR) is 199 cm³/mol. The number of aliphatic hydroxyl groups excluding tert-OH is 2. The van der Waals surface area contributed by atoms with Crippen LogP contribution >= 0.6 is 0 Å². The number of rotatable bonds is 13. The lowest BCUT2D eigenvalue weighted by Crippen LogP contribution is -2.42. The topological polar surface area (TPSA) is 202 Å². The second-order valence-corrected chi connectivity index (χ2v) is 13.7. The number of benzene rings is 2. The van der Waals surface area contributed by atoms with E-state index < -0.39 is 24.3 Å². The van der Waals surface area contributed by atoms with Crippen molar-refractivity contribution in [2.75, 3.05) is 44.1 Å². The second kappa shape index (κ2) is 15.7. The third-order valence-electron chi connectivity index (χ3n) is 10.3. The monoisotopic (exact) mass is 739 g/mol. The number of hydrogen-bond donors (Lipinski definition) is 5. The van der Waals surface area contributed by atoms with Gasteiger partial charge >= 0.3 is 0 Å². The smallest absolute Gasteiger partial charge is 0.273 e. The fourth-order valence-corrected chi connectivity index (χ4v) is 7.24. The number of aromatic nitrogens is 5. The van der Waals surface area contributed by atoms with E-state index in [1.165, 1.54) is 0 Å². The molecule has 4 heterocycles. The van der Waals surface area contributed by atoms with Gasteiger partial charge in [0, 0.05) is 44.1 Å². The molecule has 3 aromatic heterocycles. The van der Waals surface area contributed by atoms with Crippen molar-refractivity contribution in [1.82, 2.24) is 35.3 Å². The zero-order valence-electron chi connectivity index (χ0n) is 30.6. The number of anilines is 2. The van der Waals surface area contributed by atoms with E-state index in [1.54, 1.807) is 45.0 Å². The number of amides is 2. The summed E-state index contributed by atoms with van der Waals surface area (Å²) in [7, 11) is 3.27. The first-order valence-electron chi connectivity index (χ1n) is 18.1. The average molecular weight is 740 g/mol. The van der Waals surface area contributed by atoms with Crippen LogP contribution in [0.3, 0.4) is 0 Å². The van der Waals surface area contributed by atoms with E-state index in [1.807, 2.05) is 53.4 Å². The minimum Gasteiger partial charge on any atom is -0.497 e. The van der Waals surface area contributed by atoms with Gasteiger partial charge in [0.15, 0.2) is 22.7 Å². The maximum absolute atomic E-state index is 12.9. The van der Waals surface area contributed by atoms with E-state index in [0.717, 1.165) is 22.6 Å². The molecule has 16 nitrogen and oxygen atoms in total. The quantitative estimate of drug-likeness (QED) is 0.118. The Bertz CT molecular complexity index is 2040. The number of hydrogen-bond acceptors (Lipinski definition) is 13. The van der Waals surface area contributed by atoms with Crippen molar-refractivity contribution in [3.63, 3.8) is 0 Å². The normalized spacial score (nSPS) is 21.1. The van der Waals surface area contributed by atoms with Gasteiger partial charge in [-0.05, 0) is 55.2 Å². The molecule has 1 saturated heterocycles. The van der Waals surface area contributed by atoms with Crippen LogP contribution in [0, 0.1) is 6.92 Å². The van der Waals surface area contributed by atoms with Crippen molar-refractivity contribution >= 4 is 34.7 Å². The maximum atomic E-state index is 12.9. The lowest BCUT2D eigenvalue weighted by Gasteiger charge is -2.22. The third-order valence-corrected chi connectivity index (χ3v) is 10.3. The molecular formula is C38H45N9O7. The first-order valence-corrected chi connectivity index (χ1v) is 18.1. The fraction of sp³-hybridized carbons (Fsp3) is 0.421. The lowest BCUT2D eigenvalue weighted by molar-refractivity contribution is -0.122. The van der Waals surface area contributed by atoms with Gasteiger partial charge in [0.25, 0.3) is 5.91 Å². The number of imidazole rings is 1. The Labute approximate surface area is 311 Å². The van der Waals surface area contributed by atoms with E-state index in [-0.39, 0.29) is 42.3 Å². The summed E-state index contributed by atoms with van der Waals surface area (Å²) in [6.45, 7) is 4.91. The minimum absolute atomic E-state index is 0.112. The molecule has 0 bridgehead atoms. The molecule has 5 atom stereocenters. The molecule has 0 radical (unpaired) electrons. The maximum Gasteiger partial charge on any atom is 0.273 e. The SMILES string of the molecule is CCC(=O)N[C@H]1C[C@@H](n2cnc3c(NCC(c4ccc(OC)cc4)c4ccc(OC)cc4)nc(N4CC[C@@H](NC(=O)c5cc(C)on5)C4)nc32)[C@@H](O)[C@@H]1O. The number of nitrogens with zero attached hydrogens (tertiary/aromatic N) is 6. The van der Waals surface area contributed by atoms with E-state index in [0.29, 0.717) is 54.7 Å². The van der Waals surface area contributed by atoms with Gasteiger partial charge in [-0.2, -0.15) is 9.97 Å². The number of fused-ring (bicyclic) bond motifs is 1. The van der Waals surface area contributed by atoms with Crippen molar-refractivity contribution in [3.05, 3.63) is 83.5 Å². The van der Waals surface area contributed by atoms with Crippen molar-refractivity contribution in [2.24, 2.45) is 0 Å². The summed E-state index contributed by atoms with van der Waals surface area (Å²) in [5, 5.41) is 35.4. The zero-order valence-corrected chi connectivity index (χ0v) is 30.6. The molecule has 0 unspecified atom stereocenters. The van der Waals surface area contributed by atoms with Gasteiger partial charge in [-0.3, -0.25) is 9.59 Å². The van der Waals surface area contributed by atoms with Crippen molar-refractivity contribution in [2.45, 2.75) is 69.4 Å². The van der Waals surface area contributed by atoms with Gasteiger partial charge in [-0.25, -0.2) is 4.98 Å². The summed E-state index contributed by atoms with van der Waals surface area (Å²) in [6, 6.07) is 16.0. The highest BCUT2D eigenvalue weighted by Gasteiger charge is 2.44. The molecule has 284 valence electrons. The minimum atomic E-state index is -1.18. The van der Waals surface area contributed by atoms with Crippen molar-refractivity contribution < 1.29 is 33.8 Å². The van der Waals surface area contributed by atoms with Crippen LogP contribution in [0.25, 0.3) is 11.2 Å². The highest BCUT2D eigenvalue weighted by molar-refractivity contribution is 5.92. The number of carbonyl (C=O) groups excluding carboxylic acids is 2. The van der Waals surface area contributed by atoms with Crippen LogP contribution in [-0.2, 0) is 4.79 Å². The molecule has 5 N–H and O–H groups in total. The van der Waals surface area contributed by atoms with Crippen LogP contribution in [0.2, 0.25) is 0 Å². The molecule has 1 aliphatic heterocycles. The molecular weight excluding hydrogens is 694 g/mol. The summed E-state index contributed by atoms with van der Waals surface area (Å²) < 4.78 is 17.7. The molecule has 16 heteroatoms. The first kappa shape index (κ1) is 36.6. The molecule has 2 aliphatic rings. The number of carbonyl (C=O) groups is 2. The predicted octanol–water partition coefficient (Wildman–Crippen LogP) is 2.95. The largest absolute Gasteiger partial charge is 0.497 e. The Morgan fingerprint density at radius 3 is 2.28 bits per heavy atom. The number of ether oxygens (including phenoxy) is 2. The van der Waals surface area contributed by atoms with Gasteiger partial charge in [0.2, 0.25) is 11.9 Å². The Hall–Kier alpha value is -5.74. The van der Waals surface area contributed by atoms with Gasteiger partial charge in [0.1, 0.15) is 29.5 Å². The van der Waals surface area contributed by atoms with Crippen LogP contribution < -0.4 is 30.3 Å². The first-order chi connectivity index (χ1) is 26.1. The summed E-state index contributed by atoms with van der Waals surface area (Å²) in [5.41, 5.74) is 3.25. The van der Waals surface area contributed by atoms with Crippen LogP contribution in [0.15, 0.2) is 65.4 Å². The van der Waals surface area contributed by atoms with Crippen LogP contribution in [0.4, 0.5) is 11.8 Å². The van der Waals surface area contributed by atoms with E-state index in [4.69, 9.17) is 28.9 Å². The molecule has 54 heavy (non-hydrogen) atoms. The molecule has 5 aromatic rings. The van der Waals surface area contributed by atoms with Gasteiger partial charge in [0.05, 0.1) is 32.6 Å². The number of aryl methyl sites for hydroxylation is 1. The third kappa shape index (κ3) is 7.52. The molecule has 7 rings (SSSR count). The van der Waals surface area contributed by atoms with Gasteiger partial charge in [-0.15, -0.1) is 0 Å². The van der Waals surface area contributed by atoms with Crippen LogP contribution in [0.1, 0.15) is 65.5 Å². The molecule has 0 spiro atoms. The number of methoxy groups -OCH3 is 2. The Kier molecular flexibility index (Phi) is 10.6. The van der Waals surface area contributed by atoms with Crippen LogP contribution in [0.5, 0.6) is 11.5 Å². The summed E-state index contributed by atoms with van der Waals surface area (Å²) in [4.78, 5) is 41.8. The molecule has 2 fully saturated rings. The Morgan fingerprint density at radius 2 is 1.67 bits per heavy atom. The highest BCUT2D eigenvalue weighted by atomic mass is 16.5.